The molecule has 0 atom stereocenters. The Bertz CT molecular complexity index is 950. The zero-order chi connectivity index (χ0) is 22.6. The smallest absolute Gasteiger partial charge is 0.492 e. The van der Waals surface area contributed by atoms with E-state index in [0.29, 0.717) is 15.8 Å². The van der Waals surface area contributed by atoms with Gasteiger partial charge in [-0.25, -0.2) is 9.78 Å². The largest absolute Gasteiger partial charge is 0.506 e. The average molecular weight is 489 g/mol. The Morgan fingerprint density at radius 2 is 1.81 bits per heavy atom. The van der Waals surface area contributed by atoms with Gasteiger partial charge in [0.2, 0.25) is 0 Å². The molecule has 1 aliphatic rings. The van der Waals surface area contributed by atoms with Crippen molar-refractivity contribution >= 4 is 35.2 Å². The molecule has 2 aromatic rings. The summed E-state index contributed by atoms with van der Waals surface area (Å²) in [6, 6.07) is 12.6. The number of hydrogen-bond donors (Lipinski definition) is 2. The lowest BCUT2D eigenvalue weighted by molar-refractivity contribution is 0.00578. The Morgan fingerprint density at radius 3 is 2.45 bits per heavy atom. The summed E-state index contributed by atoms with van der Waals surface area (Å²) < 4.78 is 18.1. The summed E-state index contributed by atoms with van der Waals surface area (Å²) >= 11 is 3.31. The fraction of sp³-hybridized carbons (Fsp3) is 0.364. The lowest BCUT2D eigenvalue weighted by Crippen LogP contribution is -2.41. The molecule has 7 nitrogen and oxygen atoms in total. The maximum Gasteiger partial charge on any atom is 0.492 e. The molecule has 0 spiro atoms. The van der Waals surface area contributed by atoms with E-state index in [0.717, 1.165) is 5.56 Å². The summed E-state index contributed by atoms with van der Waals surface area (Å²) in [6.07, 6.45) is 1.08. The molecular formula is C22H26BBrN2O5. The minimum atomic E-state index is -0.723. The summed E-state index contributed by atoms with van der Waals surface area (Å²) in [7, 11) is -0.723. The van der Waals surface area contributed by atoms with Crippen LogP contribution < -0.4 is 5.32 Å². The molecule has 1 aromatic carbocycles. The number of rotatable bonds is 6. The lowest BCUT2D eigenvalue weighted by atomic mass is 9.77. The third kappa shape index (κ3) is 5.87. The Balaban J connectivity index is 1.75. The molecule has 3 rings (SSSR count). The standard InChI is InChI=1S/C22H26BBrN2O5/c1-21(2)22(3,4)31-23(30-21)16(12-17-18(27)10-11-19(24)26-17)13-25-20(28)29-14-15-8-6-5-7-9-15/h5-12,27H,13-14H2,1-4H3,(H,25,28). The van der Waals surface area contributed by atoms with Crippen molar-refractivity contribution in [2.24, 2.45) is 0 Å². The predicted molar refractivity (Wildman–Crippen MR) is 122 cm³/mol. The molecule has 164 valence electrons. The highest BCUT2D eigenvalue weighted by Gasteiger charge is 2.52. The molecule has 0 aliphatic carbocycles. The molecule has 1 aliphatic heterocycles. The SMILES string of the molecule is CC1(C)OB(C(=Cc2nc(Br)ccc2O)CNC(=O)OCc2ccccc2)OC1(C)C. The number of nitrogens with zero attached hydrogens (tertiary/aromatic N) is 1. The van der Waals surface area contributed by atoms with Crippen LogP contribution in [0.2, 0.25) is 0 Å². The van der Waals surface area contributed by atoms with Crippen LogP contribution in [-0.4, -0.2) is 41.0 Å². The molecule has 2 heterocycles. The van der Waals surface area contributed by atoms with E-state index in [1.807, 2.05) is 58.0 Å². The van der Waals surface area contributed by atoms with Crippen LogP contribution in [0.4, 0.5) is 4.79 Å². The topological polar surface area (TPSA) is 89.9 Å². The number of carbonyl (C=O) groups excluding carboxylic acids is 1. The third-order valence-corrected chi connectivity index (χ3v) is 5.84. The van der Waals surface area contributed by atoms with Crippen LogP contribution in [0.1, 0.15) is 39.0 Å². The van der Waals surface area contributed by atoms with Crippen LogP contribution >= 0.6 is 15.9 Å². The van der Waals surface area contributed by atoms with Gasteiger partial charge in [-0.05, 0) is 72.9 Å². The molecule has 0 saturated carbocycles. The lowest BCUT2D eigenvalue weighted by Gasteiger charge is -2.32. The van der Waals surface area contributed by atoms with E-state index in [1.54, 1.807) is 12.1 Å². The molecule has 9 heteroatoms. The van der Waals surface area contributed by atoms with Crippen molar-refractivity contribution in [3.8, 4) is 5.75 Å². The molecule has 1 fully saturated rings. The molecule has 2 N–H and O–H groups in total. The Morgan fingerprint density at radius 1 is 1.16 bits per heavy atom. The second-order valence-electron chi connectivity index (χ2n) is 8.26. The minimum absolute atomic E-state index is 0.00358. The average Bonchev–Trinajstić information content (AvgIpc) is 2.94. The third-order valence-electron chi connectivity index (χ3n) is 5.40. The van der Waals surface area contributed by atoms with Gasteiger partial charge in [0.25, 0.3) is 0 Å². The highest BCUT2D eigenvalue weighted by Crippen LogP contribution is 2.39. The van der Waals surface area contributed by atoms with E-state index in [1.165, 1.54) is 6.07 Å². The first-order valence-electron chi connectivity index (χ1n) is 9.93. The molecular weight excluding hydrogens is 463 g/mol. The van der Waals surface area contributed by atoms with Crippen LogP contribution in [0.5, 0.6) is 5.75 Å². The van der Waals surface area contributed by atoms with Crippen LogP contribution in [0.25, 0.3) is 6.08 Å². The van der Waals surface area contributed by atoms with Crippen molar-refractivity contribution in [3.05, 3.63) is 63.8 Å². The molecule has 31 heavy (non-hydrogen) atoms. The van der Waals surface area contributed by atoms with Crippen molar-refractivity contribution < 1.29 is 23.9 Å². The normalized spacial score (nSPS) is 17.5. The van der Waals surface area contributed by atoms with E-state index >= 15 is 0 Å². The Labute approximate surface area is 191 Å². The Hall–Kier alpha value is -2.36. The number of halogens is 1. The van der Waals surface area contributed by atoms with Gasteiger partial charge in [-0.15, -0.1) is 0 Å². The Kier molecular flexibility index (Phi) is 7.08. The zero-order valence-corrected chi connectivity index (χ0v) is 19.6. The number of hydrogen-bond acceptors (Lipinski definition) is 6. The highest BCUT2D eigenvalue weighted by atomic mass is 79.9. The highest BCUT2D eigenvalue weighted by molar-refractivity contribution is 9.10. The zero-order valence-electron chi connectivity index (χ0n) is 18.0. The molecule has 1 amide bonds. The molecule has 0 radical (unpaired) electrons. The van der Waals surface area contributed by atoms with Gasteiger partial charge in [0, 0.05) is 6.54 Å². The van der Waals surface area contributed by atoms with E-state index in [4.69, 9.17) is 14.0 Å². The van der Waals surface area contributed by atoms with Gasteiger partial charge in [0.15, 0.2) is 0 Å². The first-order chi connectivity index (χ1) is 14.6. The number of benzene rings is 1. The van der Waals surface area contributed by atoms with Crippen molar-refractivity contribution in [3.63, 3.8) is 0 Å². The van der Waals surface area contributed by atoms with Gasteiger partial charge in [-0.2, -0.15) is 0 Å². The number of pyridine rings is 1. The van der Waals surface area contributed by atoms with Crippen molar-refractivity contribution in [1.82, 2.24) is 10.3 Å². The summed E-state index contributed by atoms with van der Waals surface area (Å²) in [5.74, 6) is 0.00358. The van der Waals surface area contributed by atoms with E-state index in [9.17, 15) is 9.90 Å². The monoisotopic (exact) mass is 488 g/mol. The second-order valence-corrected chi connectivity index (χ2v) is 9.07. The number of aromatic hydroxyl groups is 1. The second kappa shape index (κ2) is 9.42. The fourth-order valence-corrected chi connectivity index (χ4v) is 3.19. The first kappa shape index (κ1) is 23.3. The summed E-state index contributed by atoms with van der Waals surface area (Å²) in [6.45, 7) is 8.04. The molecule has 0 unspecified atom stereocenters. The van der Waals surface area contributed by atoms with Gasteiger partial charge in [-0.1, -0.05) is 30.3 Å². The van der Waals surface area contributed by atoms with Gasteiger partial charge in [0.1, 0.15) is 22.7 Å². The van der Waals surface area contributed by atoms with Crippen molar-refractivity contribution in [2.45, 2.75) is 45.5 Å². The van der Waals surface area contributed by atoms with E-state index in [-0.39, 0.29) is 18.9 Å². The maximum absolute atomic E-state index is 12.2. The van der Waals surface area contributed by atoms with Crippen LogP contribution in [0.3, 0.4) is 0 Å². The number of ether oxygens (including phenoxy) is 1. The molecule has 1 saturated heterocycles. The quantitative estimate of drug-likeness (QED) is 0.459. The fourth-order valence-electron chi connectivity index (χ4n) is 2.87. The van der Waals surface area contributed by atoms with Gasteiger partial charge in [0.05, 0.1) is 11.2 Å². The number of nitrogens with one attached hydrogen (secondary N) is 1. The summed E-state index contributed by atoms with van der Waals surface area (Å²) in [5.41, 5.74) is 0.701. The van der Waals surface area contributed by atoms with Crippen LogP contribution in [-0.2, 0) is 20.7 Å². The van der Waals surface area contributed by atoms with Crippen molar-refractivity contribution in [2.75, 3.05) is 6.54 Å². The van der Waals surface area contributed by atoms with Gasteiger partial charge < -0.3 is 24.5 Å². The predicted octanol–water partition coefficient (Wildman–Crippen LogP) is 4.49. The first-order valence-corrected chi connectivity index (χ1v) is 10.7. The van der Waals surface area contributed by atoms with Crippen molar-refractivity contribution in [1.29, 1.82) is 0 Å². The number of aromatic nitrogens is 1. The minimum Gasteiger partial charge on any atom is -0.506 e. The molecule has 1 aromatic heterocycles. The molecule has 0 bridgehead atoms. The summed E-state index contributed by atoms with van der Waals surface area (Å²) in [5, 5.41) is 12.9. The maximum atomic E-state index is 12.2. The van der Waals surface area contributed by atoms with Gasteiger partial charge >= 0.3 is 13.2 Å². The number of alkyl carbamates (subject to hydrolysis) is 1. The number of carbonyl (C=O) groups is 1. The van der Waals surface area contributed by atoms with Crippen LogP contribution in [0, 0.1) is 0 Å². The van der Waals surface area contributed by atoms with Crippen LogP contribution in [0.15, 0.2) is 52.5 Å². The van der Waals surface area contributed by atoms with E-state index in [2.05, 4.69) is 26.2 Å². The summed E-state index contributed by atoms with van der Waals surface area (Å²) in [4.78, 5) is 16.5. The number of amides is 1. The van der Waals surface area contributed by atoms with E-state index < -0.39 is 24.4 Å². The van der Waals surface area contributed by atoms with Gasteiger partial charge in [-0.3, -0.25) is 0 Å².